The summed E-state index contributed by atoms with van der Waals surface area (Å²) in [7, 11) is 0.410. The van der Waals surface area contributed by atoms with Crippen molar-refractivity contribution in [3.05, 3.63) is 16.3 Å². The molecule has 0 unspecified atom stereocenters. The van der Waals surface area contributed by atoms with E-state index in [1.165, 1.54) is 15.6 Å². The Morgan fingerprint density at radius 3 is 2.65 bits per heavy atom. The maximum absolute atomic E-state index is 12.5. The fraction of sp³-hybridized carbons (Fsp3) is 0.692. The number of nitrogens with zero attached hydrogens (tertiary/aromatic N) is 2. The number of thiophene rings is 1. The quantitative estimate of drug-likeness (QED) is 0.775. The number of piperidine rings is 1. The Balaban J connectivity index is 2.01. The SMILES string of the molecule is CN1CCC(CN(C)S(=O)(=O)c2csc(CCl)c2)CC1. The molecule has 1 aliphatic heterocycles. The summed E-state index contributed by atoms with van der Waals surface area (Å²) in [5.41, 5.74) is 0. The first-order valence-corrected chi connectivity index (χ1v) is 9.57. The minimum Gasteiger partial charge on any atom is -0.306 e. The number of rotatable bonds is 5. The highest BCUT2D eigenvalue weighted by atomic mass is 35.5. The summed E-state index contributed by atoms with van der Waals surface area (Å²) in [6.45, 7) is 2.70. The number of halogens is 1. The van der Waals surface area contributed by atoms with Gasteiger partial charge in [0.1, 0.15) is 0 Å². The molecule has 2 rings (SSSR count). The number of hydrogen-bond donors (Lipinski definition) is 0. The zero-order chi connectivity index (χ0) is 14.8. The van der Waals surface area contributed by atoms with E-state index in [0.29, 0.717) is 23.2 Å². The lowest BCUT2D eigenvalue weighted by Crippen LogP contribution is -2.37. The third kappa shape index (κ3) is 3.74. The highest BCUT2D eigenvalue weighted by Crippen LogP contribution is 2.25. The van der Waals surface area contributed by atoms with Crippen LogP contribution in [-0.4, -0.2) is 51.4 Å². The molecule has 0 aliphatic carbocycles. The molecule has 0 atom stereocenters. The van der Waals surface area contributed by atoms with E-state index >= 15 is 0 Å². The van der Waals surface area contributed by atoms with Crippen molar-refractivity contribution in [3.63, 3.8) is 0 Å². The summed E-state index contributed by atoms with van der Waals surface area (Å²) in [6, 6.07) is 1.68. The van der Waals surface area contributed by atoms with Crippen LogP contribution in [0.3, 0.4) is 0 Å². The van der Waals surface area contributed by atoms with Gasteiger partial charge in [-0.3, -0.25) is 0 Å². The van der Waals surface area contributed by atoms with Gasteiger partial charge in [-0.05, 0) is 45.0 Å². The van der Waals surface area contributed by atoms with Crippen LogP contribution in [0.2, 0.25) is 0 Å². The molecule has 1 fully saturated rings. The van der Waals surface area contributed by atoms with Crippen LogP contribution in [0.1, 0.15) is 17.7 Å². The Labute approximate surface area is 130 Å². The van der Waals surface area contributed by atoms with Crippen LogP contribution in [0.5, 0.6) is 0 Å². The molecule has 0 N–H and O–H groups in total. The molecule has 0 aromatic carbocycles. The van der Waals surface area contributed by atoms with Gasteiger partial charge in [-0.1, -0.05) is 0 Å². The van der Waals surface area contributed by atoms with Crippen LogP contribution in [0, 0.1) is 5.92 Å². The van der Waals surface area contributed by atoms with Crippen molar-refractivity contribution in [1.29, 1.82) is 0 Å². The van der Waals surface area contributed by atoms with Gasteiger partial charge >= 0.3 is 0 Å². The molecular weight excluding hydrogens is 316 g/mol. The average molecular weight is 337 g/mol. The number of alkyl halides is 1. The first-order chi connectivity index (χ1) is 9.43. The van der Waals surface area contributed by atoms with Gasteiger partial charge in [0.25, 0.3) is 0 Å². The first kappa shape index (κ1) is 16.2. The van der Waals surface area contributed by atoms with E-state index in [-0.39, 0.29) is 0 Å². The molecule has 1 saturated heterocycles. The second kappa shape index (κ2) is 6.75. The van der Waals surface area contributed by atoms with Crippen molar-refractivity contribution in [2.24, 2.45) is 5.92 Å². The van der Waals surface area contributed by atoms with Gasteiger partial charge in [-0.2, -0.15) is 0 Å². The van der Waals surface area contributed by atoms with Gasteiger partial charge < -0.3 is 4.90 Å². The van der Waals surface area contributed by atoms with Crippen LogP contribution in [0.25, 0.3) is 0 Å². The Morgan fingerprint density at radius 1 is 1.45 bits per heavy atom. The molecule has 7 heteroatoms. The molecule has 2 heterocycles. The number of hydrogen-bond acceptors (Lipinski definition) is 4. The highest BCUT2D eigenvalue weighted by molar-refractivity contribution is 7.89. The van der Waals surface area contributed by atoms with Crippen molar-refractivity contribution < 1.29 is 8.42 Å². The lowest BCUT2D eigenvalue weighted by atomic mass is 9.97. The predicted molar refractivity (Wildman–Crippen MR) is 83.9 cm³/mol. The minimum atomic E-state index is -3.37. The summed E-state index contributed by atoms with van der Waals surface area (Å²) in [5.74, 6) is 0.816. The van der Waals surface area contributed by atoms with Gasteiger partial charge in [0.15, 0.2) is 0 Å². The molecule has 1 aromatic rings. The van der Waals surface area contributed by atoms with Crippen molar-refractivity contribution in [3.8, 4) is 0 Å². The monoisotopic (exact) mass is 336 g/mol. The number of likely N-dealkylation sites (tertiary alicyclic amines) is 1. The molecule has 0 amide bonds. The second-order valence-corrected chi connectivity index (χ2v) is 8.72. The van der Waals surface area contributed by atoms with E-state index < -0.39 is 10.0 Å². The summed E-state index contributed by atoms with van der Waals surface area (Å²) in [6.07, 6.45) is 2.12. The van der Waals surface area contributed by atoms with E-state index in [1.807, 2.05) is 0 Å². The summed E-state index contributed by atoms with van der Waals surface area (Å²) >= 11 is 7.13. The summed E-state index contributed by atoms with van der Waals surface area (Å²) in [4.78, 5) is 3.54. The van der Waals surface area contributed by atoms with Crippen LogP contribution in [0.4, 0.5) is 0 Å². The van der Waals surface area contributed by atoms with E-state index in [0.717, 1.165) is 30.8 Å². The van der Waals surface area contributed by atoms with E-state index in [9.17, 15) is 8.42 Å². The Kier molecular flexibility index (Phi) is 5.48. The van der Waals surface area contributed by atoms with Gasteiger partial charge in [0.05, 0.1) is 10.8 Å². The van der Waals surface area contributed by atoms with Gasteiger partial charge in [-0.15, -0.1) is 22.9 Å². The van der Waals surface area contributed by atoms with E-state index in [1.54, 1.807) is 18.5 Å². The maximum Gasteiger partial charge on any atom is 0.243 e. The minimum absolute atomic E-state index is 0.360. The molecule has 0 spiro atoms. The predicted octanol–water partition coefficient (Wildman–Crippen LogP) is 2.45. The zero-order valence-corrected chi connectivity index (χ0v) is 14.3. The van der Waals surface area contributed by atoms with Crippen LogP contribution >= 0.6 is 22.9 Å². The standard InChI is InChI=1S/C13H21ClN2O2S2/c1-15-5-3-11(4-6-15)9-16(2)20(17,18)13-7-12(8-14)19-10-13/h7,10-11H,3-6,8-9H2,1-2H3. The lowest BCUT2D eigenvalue weighted by Gasteiger charge is -2.31. The smallest absolute Gasteiger partial charge is 0.243 e. The Bertz CT molecular complexity index is 536. The normalized spacial score (nSPS) is 18.8. The molecule has 0 bridgehead atoms. The molecule has 1 aromatic heterocycles. The van der Waals surface area contributed by atoms with Crippen LogP contribution < -0.4 is 0 Å². The fourth-order valence-electron chi connectivity index (χ4n) is 2.45. The molecule has 4 nitrogen and oxygen atoms in total. The second-order valence-electron chi connectivity index (χ2n) is 5.41. The van der Waals surface area contributed by atoms with E-state index in [2.05, 4.69) is 11.9 Å². The molecule has 114 valence electrons. The van der Waals surface area contributed by atoms with Gasteiger partial charge in [0, 0.05) is 23.8 Å². The zero-order valence-electron chi connectivity index (χ0n) is 11.9. The molecule has 0 radical (unpaired) electrons. The lowest BCUT2D eigenvalue weighted by molar-refractivity contribution is 0.202. The largest absolute Gasteiger partial charge is 0.306 e. The Morgan fingerprint density at radius 2 is 2.10 bits per heavy atom. The summed E-state index contributed by atoms with van der Waals surface area (Å²) < 4.78 is 26.4. The fourth-order valence-corrected chi connectivity index (χ4v) is 5.08. The van der Waals surface area contributed by atoms with Crippen molar-refractivity contribution in [2.45, 2.75) is 23.6 Å². The third-order valence-corrected chi connectivity index (χ3v) is 7.16. The van der Waals surface area contributed by atoms with Crippen LogP contribution in [-0.2, 0) is 15.9 Å². The van der Waals surface area contributed by atoms with E-state index in [4.69, 9.17) is 11.6 Å². The molecular formula is C13H21ClN2O2S2. The van der Waals surface area contributed by atoms with Crippen molar-refractivity contribution in [1.82, 2.24) is 9.21 Å². The third-order valence-electron chi connectivity index (χ3n) is 3.82. The highest BCUT2D eigenvalue weighted by Gasteiger charge is 2.26. The average Bonchev–Trinajstić information content (AvgIpc) is 2.90. The van der Waals surface area contributed by atoms with Crippen molar-refractivity contribution >= 4 is 33.0 Å². The number of sulfonamides is 1. The molecule has 20 heavy (non-hydrogen) atoms. The maximum atomic E-state index is 12.5. The van der Waals surface area contributed by atoms with Crippen molar-refractivity contribution in [2.75, 3.05) is 33.7 Å². The molecule has 0 saturated carbocycles. The topological polar surface area (TPSA) is 40.6 Å². The van der Waals surface area contributed by atoms with Gasteiger partial charge in [-0.25, -0.2) is 12.7 Å². The summed E-state index contributed by atoms with van der Waals surface area (Å²) in [5, 5.41) is 1.68. The molecule has 1 aliphatic rings. The van der Waals surface area contributed by atoms with Crippen LogP contribution in [0.15, 0.2) is 16.3 Å². The Hall–Kier alpha value is -0.140. The first-order valence-electron chi connectivity index (χ1n) is 6.71. The van der Waals surface area contributed by atoms with Gasteiger partial charge in [0.2, 0.25) is 10.0 Å².